The van der Waals surface area contributed by atoms with Gasteiger partial charge < -0.3 is 15.0 Å². The third-order valence-electron chi connectivity index (χ3n) is 5.48. The predicted molar refractivity (Wildman–Crippen MR) is 94.8 cm³/mol. The molecule has 2 fully saturated rings. The van der Waals surface area contributed by atoms with Gasteiger partial charge in [0.2, 0.25) is 0 Å². The van der Waals surface area contributed by atoms with Crippen molar-refractivity contribution in [2.75, 3.05) is 40.4 Å². The number of hydrogen-bond donors (Lipinski definition) is 1. The van der Waals surface area contributed by atoms with Crippen LogP contribution in [0.1, 0.15) is 31.2 Å². The first-order valence-corrected chi connectivity index (χ1v) is 8.88. The fraction of sp³-hybridized carbons (Fsp3) is 0.632. The molecule has 0 aromatic heterocycles. The van der Waals surface area contributed by atoms with Crippen LogP contribution in [0.2, 0.25) is 0 Å². The number of nitrogens with one attached hydrogen (secondary N) is 1. The molecular formula is C19H28FN3O. The largest absolute Gasteiger partial charge is 0.381 e. The van der Waals surface area contributed by atoms with Crippen molar-refractivity contribution in [3.05, 3.63) is 35.6 Å². The molecule has 1 aliphatic heterocycles. The molecule has 1 aliphatic carbocycles. The van der Waals surface area contributed by atoms with Crippen molar-refractivity contribution >= 4 is 5.96 Å². The van der Waals surface area contributed by atoms with Crippen molar-refractivity contribution < 1.29 is 9.13 Å². The summed E-state index contributed by atoms with van der Waals surface area (Å²) in [6.07, 6.45) is 4.64. The Morgan fingerprint density at radius 3 is 2.67 bits per heavy atom. The van der Waals surface area contributed by atoms with E-state index in [-0.39, 0.29) is 11.2 Å². The van der Waals surface area contributed by atoms with E-state index >= 15 is 0 Å². The summed E-state index contributed by atoms with van der Waals surface area (Å²) in [6, 6.07) is 6.99. The highest BCUT2D eigenvalue weighted by Gasteiger charge is 2.38. The standard InChI is InChI=1S/C19H28FN3O/c1-21-18(23(2)12-15-8-11-24-13-15)22-14-19(9-3-10-19)16-4-6-17(20)7-5-16/h4-7,15H,3,8-14H2,1-2H3,(H,21,22). The molecule has 1 saturated heterocycles. The minimum atomic E-state index is -0.171. The van der Waals surface area contributed by atoms with Crippen LogP contribution in [0.3, 0.4) is 0 Å². The van der Waals surface area contributed by atoms with Crippen molar-refractivity contribution in [2.45, 2.75) is 31.1 Å². The highest BCUT2D eigenvalue weighted by atomic mass is 19.1. The molecule has 2 aliphatic rings. The van der Waals surface area contributed by atoms with Gasteiger partial charge in [-0.15, -0.1) is 0 Å². The summed E-state index contributed by atoms with van der Waals surface area (Å²) in [4.78, 5) is 6.62. The molecule has 1 atom stereocenters. The molecule has 0 amide bonds. The normalized spacial score (nSPS) is 23.0. The average Bonchev–Trinajstić information content (AvgIpc) is 3.04. The number of benzene rings is 1. The summed E-state index contributed by atoms with van der Waals surface area (Å²) in [7, 11) is 3.91. The fourth-order valence-corrected chi connectivity index (χ4v) is 3.81. The second-order valence-electron chi connectivity index (χ2n) is 7.15. The summed E-state index contributed by atoms with van der Waals surface area (Å²) >= 11 is 0. The van der Waals surface area contributed by atoms with E-state index in [0.717, 1.165) is 51.5 Å². The van der Waals surface area contributed by atoms with Crippen molar-refractivity contribution in [2.24, 2.45) is 10.9 Å². The molecule has 0 radical (unpaired) electrons. The van der Waals surface area contributed by atoms with Crippen molar-refractivity contribution in [3.63, 3.8) is 0 Å². The lowest BCUT2D eigenvalue weighted by molar-refractivity contribution is 0.181. The van der Waals surface area contributed by atoms with E-state index in [1.807, 2.05) is 19.2 Å². The van der Waals surface area contributed by atoms with Gasteiger partial charge in [-0.2, -0.15) is 0 Å². The van der Waals surface area contributed by atoms with Crippen LogP contribution in [0.4, 0.5) is 4.39 Å². The summed E-state index contributed by atoms with van der Waals surface area (Å²) in [5, 5.41) is 3.54. The molecule has 4 nitrogen and oxygen atoms in total. The summed E-state index contributed by atoms with van der Waals surface area (Å²) in [5.41, 5.74) is 1.34. The number of halogens is 1. The van der Waals surface area contributed by atoms with Crippen molar-refractivity contribution in [1.82, 2.24) is 10.2 Å². The number of rotatable bonds is 5. The Kier molecular flexibility index (Phi) is 5.39. The molecule has 1 unspecified atom stereocenters. The fourth-order valence-electron chi connectivity index (χ4n) is 3.81. The van der Waals surface area contributed by atoms with E-state index in [1.165, 1.54) is 12.0 Å². The summed E-state index contributed by atoms with van der Waals surface area (Å²) in [5.74, 6) is 1.34. The maximum absolute atomic E-state index is 13.2. The van der Waals surface area contributed by atoms with E-state index in [0.29, 0.717) is 5.92 Å². The monoisotopic (exact) mass is 333 g/mol. The molecule has 3 rings (SSSR count). The average molecular weight is 333 g/mol. The Morgan fingerprint density at radius 1 is 1.38 bits per heavy atom. The molecule has 1 aromatic carbocycles. The van der Waals surface area contributed by atoms with E-state index in [9.17, 15) is 4.39 Å². The zero-order valence-electron chi connectivity index (χ0n) is 14.7. The highest BCUT2D eigenvalue weighted by molar-refractivity contribution is 5.79. The van der Waals surface area contributed by atoms with Gasteiger partial charge in [0.1, 0.15) is 5.82 Å². The van der Waals surface area contributed by atoms with Crippen LogP contribution in [0.25, 0.3) is 0 Å². The van der Waals surface area contributed by atoms with E-state index < -0.39 is 0 Å². The molecule has 1 N–H and O–H groups in total. The zero-order valence-corrected chi connectivity index (χ0v) is 14.7. The molecule has 1 aromatic rings. The quantitative estimate of drug-likeness (QED) is 0.665. The van der Waals surface area contributed by atoms with Crippen LogP contribution in [-0.2, 0) is 10.2 Å². The van der Waals surface area contributed by atoms with Gasteiger partial charge in [-0.25, -0.2) is 4.39 Å². The molecule has 1 saturated carbocycles. The van der Waals surface area contributed by atoms with E-state index in [1.54, 1.807) is 12.1 Å². The first-order valence-electron chi connectivity index (χ1n) is 8.88. The predicted octanol–water partition coefficient (Wildman–Crippen LogP) is 2.79. The van der Waals surface area contributed by atoms with Crippen LogP contribution in [0.5, 0.6) is 0 Å². The molecule has 0 spiro atoms. The summed E-state index contributed by atoms with van der Waals surface area (Å²) in [6.45, 7) is 3.53. The Morgan fingerprint density at radius 2 is 2.12 bits per heavy atom. The minimum Gasteiger partial charge on any atom is -0.381 e. The molecule has 132 valence electrons. The number of guanidine groups is 1. The molecule has 1 heterocycles. The third-order valence-corrected chi connectivity index (χ3v) is 5.48. The number of hydrogen-bond acceptors (Lipinski definition) is 2. The molecule has 0 bridgehead atoms. The molecule has 5 heteroatoms. The number of aliphatic imine (C=N–C) groups is 1. The lowest BCUT2D eigenvalue weighted by atomic mass is 9.64. The lowest BCUT2D eigenvalue weighted by Gasteiger charge is -2.43. The van der Waals surface area contributed by atoms with Crippen LogP contribution in [0.15, 0.2) is 29.3 Å². The second-order valence-corrected chi connectivity index (χ2v) is 7.15. The SMILES string of the molecule is CN=C(NCC1(c2ccc(F)cc2)CCC1)N(C)CC1CCOC1. The zero-order chi connectivity index (χ0) is 17.0. The first-order chi connectivity index (χ1) is 11.6. The number of nitrogens with zero attached hydrogens (tertiary/aromatic N) is 2. The van der Waals surface area contributed by atoms with Crippen LogP contribution in [0, 0.1) is 11.7 Å². The van der Waals surface area contributed by atoms with Crippen molar-refractivity contribution in [1.29, 1.82) is 0 Å². The third kappa shape index (κ3) is 3.72. The Hall–Kier alpha value is -1.62. The minimum absolute atomic E-state index is 0.112. The van der Waals surface area contributed by atoms with Gasteiger partial charge in [0, 0.05) is 45.1 Å². The maximum atomic E-state index is 13.2. The van der Waals surface area contributed by atoms with E-state index in [2.05, 4.69) is 22.3 Å². The summed E-state index contributed by atoms with van der Waals surface area (Å²) < 4.78 is 18.7. The topological polar surface area (TPSA) is 36.9 Å². The number of ether oxygens (including phenoxy) is 1. The molecular weight excluding hydrogens is 305 g/mol. The van der Waals surface area contributed by atoms with Gasteiger partial charge in [-0.3, -0.25) is 4.99 Å². The van der Waals surface area contributed by atoms with Gasteiger partial charge in [0.25, 0.3) is 0 Å². The van der Waals surface area contributed by atoms with Crippen LogP contribution >= 0.6 is 0 Å². The van der Waals surface area contributed by atoms with Gasteiger partial charge in [-0.1, -0.05) is 18.6 Å². The first kappa shape index (κ1) is 17.2. The van der Waals surface area contributed by atoms with Gasteiger partial charge >= 0.3 is 0 Å². The maximum Gasteiger partial charge on any atom is 0.193 e. The smallest absolute Gasteiger partial charge is 0.193 e. The van der Waals surface area contributed by atoms with Crippen LogP contribution < -0.4 is 5.32 Å². The molecule has 24 heavy (non-hydrogen) atoms. The second kappa shape index (κ2) is 7.51. The van der Waals surface area contributed by atoms with E-state index in [4.69, 9.17) is 4.74 Å². The Bertz CT molecular complexity index is 562. The Balaban J connectivity index is 1.60. The lowest BCUT2D eigenvalue weighted by Crippen LogP contribution is -2.50. The van der Waals surface area contributed by atoms with Crippen LogP contribution in [-0.4, -0.2) is 51.3 Å². The van der Waals surface area contributed by atoms with Gasteiger partial charge in [0.05, 0.1) is 6.61 Å². The van der Waals surface area contributed by atoms with Gasteiger partial charge in [-0.05, 0) is 37.0 Å². The van der Waals surface area contributed by atoms with Gasteiger partial charge in [0.15, 0.2) is 5.96 Å². The Labute approximate surface area is 144 Å². The highest BCUT2D eigenvalue weighted by Crippen LogP contribution is 2.43. The van der Waals surface area contributed by atoms with Crippen molar-refractivity contribution in [3.8, 4) is 0 Å².